The van der Waals surface area contributed by atoms with E-state index in [0.29, 0.717) is 18.1 Å². The maximum Gasteiger partial charge on any atom is 0.270 e. The smallest absolute Gasteiger partial charge is 0.270 e. The number of aromatic nitrogens is 2. The van der Waals surface area contributed by atoms with Crippen molar-refractivity contribution >= 4 is 11.7 Å². The zero-order valence-electron chi connectivity index (χ0n) is 16.1. The zero-order chi connectivity index (χ0) is 19.3. The molecule has 142 valence electrons. The Morgan fingerprint density at radius 1 is 1.00 bits per heavy atom. The van der Waals surface area contributed by atoms with Gasteiger partial charge in [-0.15, -0.1) is 0 Å². The van der Waals surface area contributed by atoms with Crippen LogP contribution in [-0.4, -0.2) is 29.0 Å². The van der Waals surface area contributed by atoms with Gasteiger partial charge in [0.2, 0.25) is 0 Å². The molecule has 0 aliphatic carbocycles. The molecular weight excluding hydrogens is 348 g/mol. The van der Waals surface area contributed by atoms with Gasteiger partial charge in [0, 0.05) is 31.3 Å². The SMILES string of the molecule is Cc1ccccc1CNC(=O)c1cc(N2CCCC2)nc(-c2ccccc2)n1. The number of amides is 1. The number of benzene rings is 2. The number of carbonyl (C=O) groups is 1. The molecule has 4 rings (SSSR count). The van der Waals surface area contributed by atoms with Gasteiger partial charge >= 0.3 is 0 Å². The van der Waals surface area contributed by atoms with E-state index in [2.05, 4.69) is 15.2 Å². The highest BCUT2D eigenvalue weighted by Crippen LogP contribution is 2.23. The van der Waals surface area contributed by atoms with Gasteiger partial charge in [-0.2, -0.15) is 0 Å². The molecule has 1 amide bonds. The highest BCUT2D eigenvalue weighted by molar-refractivity contribution is 5.93. The van der Waals surface area contributed by atoms with Crippen LogP contribution in [0.2, 0.25) is 0 Å². The number of nitrogens with one attached hydrogen (secondary N) is 1. The van der Waals surface area contributed by atoms with Gasteiger partial charge in [0.25, 0.3) is 5.91 Å². The third-order valence-electron chi connectivity index (χ3n) is 5.11. The van der Waals surface area contributed by atoms with Gasteiger partial charge in [0.05, 0.1) is 0 Å². The highest BCUT2D eigenvalue weighted by Gasteiger charge is 2.19. The summed E-state index contributed by atoms with van der Waals surface area (Å²) in [6, 6.07) is 19.7. The Kier molecular flexibility index (Phi) is 5.33. The molecule has 0 radical (unpaired) electrons. The lowest BCUT2D eigenvalue weighted by molar-refractivity contribution is 0.0946. The second-order valence-electron chi connectivity index (χ2n) is 7.10. The summed E-state index contributed by atoms with van der Waals surface area (Å²) in [4.78, 5) is 24.4. The molecule has 1 aromatic heterocycles. The third-order valence-corrected chi connectivity index (χ3v) is 5.11. The van der Waals surface area contributed by atoms with Crippen molar-refractivity contribution in [2.45, 2.75) is 26.3 Å². The molecule has 2 aromatic carbocycles. The third kappa shape index (κ3) is 4.03. The van der Waals surface area contributed by atoms with Crippen LogP contribution >= 0.6 is 0 Å². The van der Waals surface area contributed by atoms with Crippen LogP contribution in [0.1, 0.15) is 34.5 Å². The molecular formula is C23H24N4O. The van der Waals surface area contributed by atoms with Gasteiger partial charge in [-0.25, -0.2) is 9.97 Å². The van der Waals surface area contributed by atoms with Crippen molar-refractivity contribution < 1.29 is 4.79 Å². The Morgan fingerprint density at radius 2 is 1.71 bits per heavy atom. The molecule has 28 heavy (non-hydrogen) atoms. The van der Waals surface area contributed by atoms with E-state index in [4.69, 9.17) is 4.98 Å². The monoisotopic (exact) mass is 372 g/mol. The van der Waals surface area contributed by atoms with E-state index in [1.54, 1.807) is 0 Å². The molecule has 5 nitrogen and oxygen atoms in total. The fourth-order valence-corrected chi connectivity index (χ4v) is 3.45. The molecule has 1 N–H and O–H groups in total. The normalized spacial score (nSPS) is 13.5. The summed E-state index contributed by atoms with van der Waals surface area (Å²) in [5.41, 5.74) is 3.59. The summed E-state index contributed by atoms with van der Waals surface area (Å²) in [7, 11) is 0. The summed E-state index contributed by atoms with van der Waals surface area (Å²) in [6.07, 6.45) is 2.30. The molecule has 0 unspecified atom stereocenters. The fraction of sp³-hybridized carbons (Fsp3) is 0.261. The van der Waals surface area contributed by atoms with Crippen LogP contribution < -0.4 is 10.2 Å². The van der Waals surface area contributed by atoms with E-state index < -0.39 is 0 Å². The van der Waals surface area contributed by atoms with Crippen LogP contribution in [-0.2, 0) is 6.54 Å². The Hall–Kier alpha value is -3.21. The predicted octanol–water partition coefficient (Wildman–Crippen LogP) is 3.98. The number of nitrogens with zero attached hydrogens (tertiary/aromatic N) is 3. The van der Waals surface area contributed by atoms with Crippen molar-refractivity contribution in [2.24, 2.45) is 0 Å². The Labute approximate surface area is 165 Å². The first kappa shape index (κ1) is 18.2. The Balaban J connectivity index is 1.62. The number of anilines is 1. The first-order valence-corrected chi connectivity index (χ1v) is 9.73. The largest absolute Gasteiger partial charge is 0.356 e. The number of aryl methyl sites for hydroxylation is 1. The van der Waals surface area contributed by atoms with Crippen molar-refractivity contribution in [3.63, 3.8) is 0 Å². The highest BCUT2D eigenvalue weighted by atomic mass is 16.1. The lowest BCUT2D eigenvalue weighted by Crippen LogP contribution is -2.26. The summed E-state index contributed by atoms with van der Waals surface area (Å²) >= 11 is 0. The summed E-state index contributed by atoms with van der Waals surface area (Å²) in [5.74, 6) is 1.24. The van der Waals surface area contributed by atoms with Gasteiger partial charge in [-0.3, -0.25) is 4.79 Å². The molecule has 0 bridgehead atoms. The number of carbonyl (C=O) groups excluding carboxylic acids is 1. The van der Waals surface area contributed by atoms with Crippen molar-refractivity contribution in [3.8, 4) is 11.4 Å². The Bertz CT molecular complexity index is 965. The van der Waals surface area contributed by atoms with Crippen LogP contribution in [0.4, 0.5) is 5.82 Å². The van der Waals surface area contributed by atoms with E-state index in [-0.39, 0.29) is 5.91 Å². The maximum atomic E-state index is 12.9. The fourth-order valence-electron chi connectivity index (χ4n) is 3.45. The molecule has 3 aromatic rings. The topological polar surface area (TPSA) is 58.1 Å². The molecule has 0 spiro atoms. The standard InChI is InChI=1S/C23H24N4O/c1-17-9-5-6-12-19(17)16-24-23(28)20-15-21(27-13-7-8-14-27)26-22(25-20)18-10-3-2-4-11-18/h2-6,9-12,15H,7-8,13-14,16H2,1H3,(H,24,28). The van der Waals surface area contributed by atoms with Crippen LogP contribution in [0.5, 0.6) is 0 Å². The number of hydrogen-bond donors (Lipinski definition) is 1. The molecule has 0 atom stereocenters. The Morgan fingerprint density at radius 3 is 2.46 bits per heavy atom. The lowest BCUT2D eigenvalue weighted by Gasteiger charge is -2.18. The molecule has 2 heterocycles. The van der Waals surface area contributed by atoms with Crippen molar-refractivity contribution in [2.75, 3.05) is 18.0 Å². The first-order valence-electron chi connectivity index (χ1n) is 9.73. The second-order valence-corrected chi connectivity index (χ2v) is 7.10. The summed E-state index contributed by atoms with van der Waals surface area (Å²) in [5, 5.41) is 3.00. The zero-order valence-corrected chi connectivity index (χ0v) is 16.1. The molecule has 1 saturated heterocycles. The maximum absolute atomic E-state index is 12.9. The van der Waals surface area contributed by atoms with Crippen molar-refractivity contribution in [1.29, 1.82) is 0 Å². The van der Waals surface area contributed by atoms with Crippen LogP contribution in [0, 0.1) is 6.92 Å². The van der Waals surface area contributed by atoms with Gasteiger partial charge in [0.15, 0.2) is 5.82 Å². The minimum atomic E-state index is -0.178. The van der Waals surface area contributed by atoms with E-state index in [9.17, 15) is 4.79 Å². The summed E-state index contributed by atoms with van der Waals surface area (Å²) in [6.45, 7) is 4.46. The predicted molar refractivity (Wildman–Crippen MR) is 111 cm³/mol. The lowest BCUT2D eigenvalue weighted by atomic mass is 10.1. The van der Waals surface area contributed by atoms with E-state index in [0.717, 1.165) is 48.4 Å². The van der Waals surface area contributed by atoms with Gasteiger partial charge in [-0.1, -0.05) is 54.6 Å². The van der Waals surface area contributed by atoms with Gasteiger partial charge < -0.3 is 10.2 Å². The van der Waals surface area contributed by atoms with E-state index >= 15 is 0 Å². The quantitative estimate of drug-likeness (QED) is 0.736. The average molecular weight is 372 g/mol. The molecule has 5 heteroatoms. The van der Waals surface area contributed by atoms with Gasteiger partial charge in [0.1, 0.15) is 11.5 Å². The number of hydrogen-bond acceptors (Lipinski definition) is 4. The molecule has 1 aliphatic rings. The summed E-state index contributed by atoms with van der Waals surface area (Å²) < 4.78 is 0. The second kappa shape index (κ2) is 8.21. The minimum Gasteiger partial charge on any atom is -0.356 e. The minimum absolute atomic E-state index is 0.178. The molecule has 1 fully saturated rings. The van der Waals surface area contributed by atoms with E-state index in [1.165, 1.54) is 0 Å². The van der Waals surface area contributed by atoms with Crippen LogP contribution in [0.25, 0.3) is 11.4 Å². The molecule has 1 aliphatic heterocycles. The van der Waals surface area contributed by atoms with Crippen LogP contribution in [0.3, 0.4) is 0 Å². The average Bonchev–Trinajstić information content (AvgIpc) is 3.28. The van der Waals surface area contributed by atoms with Crippen LogP contribution in [0.15, 0.2) is 60.7 Å². The van der Waals surface area contributed by atoms with Gasteiger partial charge in [-0.05, 0) is 30.9 Å². The van der Waals surface area contributed by atoms with E-state index in [1.807, 2.05) is 67.6 Å². The number of rotatable bonds is 5. The van der Waals surface area contributed by atoms with Crippen molar-refractivity contribution in [1.82, 2.24) is 15.3 Å². The molecule has 0 saturated carbocycles. The van der Waals surface area contributed by atoms with Crippen molar-refractivity contribution in [3.05, 3.63) is 77.5 Å². The first-order chi connectivity index (χ1) is 13.7.